The van der Waals surface area contributed by atoms with Gasteiger partial charge in [-0.25, -0.2) is 9.18 Å². The number of rotatable bonds is 9. The van der Waals surface area contributed by atoms with E-state index in [1.54, 1.807) is 0 Å². The molecule has 0 bridgehead atoms. The number of piperidine rings is 1. The number of aliphatic carboxylic acids is 1. The number of carbonyl (C=O) groups is 4. The number of nitrogens with one attached hydrogen (secondary N) is 4. The number of fused-ring (bicyclic) bond motifs is 1. The molecule has 1 saturated carbocycles. The molecule has 11 heteroatoms. The van der Waals surface area contributed by atoms with E-state index < -0.39 is 41.6 Å². The minimum Gasteiger partial charge on any atom is -0.480 e. The predicted molar refractivity (Wildman–Crippen MR) is 122 cm³/mol. The van der Waals surface area contributed by atoms with E-state index in [2.05, 4.69) is 20.9 Å². The third kappa shape index (κ3) is 5.67. The van der Waals surface area contributed by atoms with E-state index >= 15 is 0 Å². The molecule has 182 valence electrons. The number of amides is 3. The van der Waals surface area contributed by atoms with E-state index in [0.717, 1.165) is 19.3 Å². The van der Waals surface area contributed by atoms with Crippen LogP contribution in [0.2, 0.25) is 5.02 Å². The van der Waals surface area contributed by atoms with E-state index in [9.17, 15) is 28.7 Å². The molecule has 5 N–H and O–H groups in total. The predicted octanol–water partition coefficient (Wildman–Crippen LogP) is 2.34. The summed E-state index contributed by atoms with van der Waals surface area (Å²) in [5.41, 5.74) is 0.593. The highest BCUT2D eigenvalue weighted by Crippen LogP contribution is 2.34. The molecule has 0 spiro atoms. The lowest BCUT2D eigenvalue weighted by molar-refractivity contribution is -0.143. The fourth-order valence-corrected chi connectivity index (χ4v) is 4.41. The Hall–Kier alpha value is -3.14. The second-order valence-corrected chi connectivity index (χ2v) is 9.41. The second-order valence-electron chi connectivity index (χ2n) is 9.01. The molecule has 2 unspecified atom stereocenters. The number of carboxylic acids is 1. The standard InChI is InChI=1S/C23H26ClFN4O5/c24-14-10-16-13(7-15(14)25)9-18(27-16)22(32)28-17(6-11-3-4-11)21(31)29-19(23(33)34)8-12-2-1-5-26-20(12)30/h7,9-12,17,19,27H,1-6,8H2,(H,26,30)(H,28,32)(H,29,31)(H,33,34)/t12-,17?,19?/m0/s1. The number of carbonyl (C=O) groups excluding carboxylic acids is 3. The summed E-state index contributed by atoms with van der Waals surface area (Å²) in [6.45, 7) is 0.557. The third-order valence-electron chi connectivity index (χ3n) is 6.33. The van der Waals surface area contributed by atoms with Crippen molar-refractivity contribution in [3.8, 4) is 0 Å². The molecule has 1 saturated heterocycles. The molecule has 9 nitrogen and oxygen atoms in total. The fraction of sp³-hybridized carbons (Fsp3) is 0.478. The van der Waals surface area contributed by atoms with Crippen molar-refractivity contribution >= 4 is 46.2 Å². The number of aromatic amines is 1. The number of H-pyrrole nitrogens is 1. The largest absolute Gasteiger partial charge is 0.480 e. The van der Waals surface area contributed by atoms with Crippen molar-refractivity contribution in [2.24, 2.45) is 11.8 Å². The van der Waals surface area contributed by atoms with E-state index in [1.165, 1.54) is 18.2 Å². The monoisotopic (exact) mass is 492 g/mol. The topological polar surface area (TPSA) is 140 Å². The van der Waals surface area contributed by atoms with Crippen LogP contribution in [0.15, 0.2) is 18.2 Å². The second kappa shape index (κ2) is 10.0. The lowest BCUT2D eigenvalue weighted by atomic mass is 9.91. The summed E-state index contributed by atoms with van der Waals surface area (Å²) in [5, 5.41) is 17.9. The van der Waals surface area contributed by atoms with Crippen molar-refractivity contribution in [2.75, 3.05) is 6.54 Å². The summed E-state index contributed by atoms with van der Waals surface area (Å²) in [5.74, 6) is -3.49. The fourth-order valence-electron chi connectivity index (χ4n) is 4.24. The zero-order valence-electron chi connectivity index (χ0n) is 18.3. The van der Waals surface area contributed by atoms with E-state index in [4.69, 9.17) is 11.6 Å². The molecule has 1 aromatic carbocycles. The molecule has 1 aliphatic carbocycles. The van der Waals surface area contributed by atoms with Gasteiger partial charge in [0.2, 0.25) is 11.8 Å². The van der Waals surface area contributed by atoms with Gasteiger partial charge in [0.15, 0.2) is 0 Å². The average molecular weight is 493 g/mol. The third-order valence-corrected chi connectivity index (χ3v) is 6.62. The molecule has 3 amide bonds. The van der Waals surface area contributed by atoms with Crippen LogP contribution >= 0.6 is 11.6 Å². The highest BCUT2D eigenvalue weighted by Gasteiger charge is 2.35. The first-order chi connectivity index (χ1) is 16.2. The molecule has 1 aromatic heterocycles. The van der Waals surface area contributed by atoms with Crippen molar-refractivity contribution in [2.45, 2.75) is 50.6 Å². The van der Waals surface area contributed by atoms with Crippen LogP contribution in [0.5, 0.6) is 0 Å². The Morgan fingerprint density at radius 3 is 2.56 bits per heavy atom. The summed E-state index contributed by atoms with van der Waals surface area (Å²) in [4.78, 5) is 52.6. The summed E-state index contributed by atoms with van der Waals surface area (Å²) in [6.07, 6.45) is 3.50. The maximum absolute atomic E-state index is 13.7. The molecule has 4 rings (SSSR count). The van der Waals surface area contributed by atoms with Crippen LogP contribution in [0.4, 0.5) is 4.39 Å². The van der Waals surface area contributed by atoms with Gasteiger partial charge in [-0.1, -0.05) is 24.4 Å². The first-order valence-electron chi connectivity index (χ1n) is 11.3. The van der Waals surface area contributed by atoms with Crippen molar-refractivity contribution in [3.63, 3.8) is 0 Å². The quantitative estimate of drug-likeness (QED) is 0.365. The number of aromatic nitrogens is 1. The van der Waals surface area contributed by atoms with Gasteiger partial charge in [0.1, 0.15) is 23.6 Å². The van der Waals surface area contributed by atoms with Gasteiger partial charge in [-0.3, -0.25) is 14.4 Å². The maximum atomic E-state index is 13.7. The molecule has 2 aliphatic rings. The molecule has 2 aromatic rings. The minimum absolute atomic E-state index is 0.0225. The summed E-state index contributed by atoms with van der Waals surface area (Å²) in [7, 11) is 0. The van der Waals surface area contributed by atoms with Gasteiger partial charge in [0.25, 0.3) is 5.91 Å². The van der Waals surface area contributed by atoms with E-state index in [1.807, 2.05) is 0 Å². The Labute approximate surface area is 199 Å². The number of hydrogen-bond acceptors (Lipinski definition) is 4. The van der Waals surface area contributed by atoms with Crippen molar-refractivity contribution < 1.29 is 28.7 Å². The summed E-state index contributed by atoms with van der Waals surface area (Å²) < 4.78 is 13.7. The Morgan fingerprint density at radius 2 is 1.88 bits per heavy atom. The zero-order chi connectivity index (χ0) is 24.4. The van der Waals surface area contributed by atoms with Crippen LogP contribution in [0.3, 0.4) is 0 Å². The summed E-state index contributed by atoms with van der Waals surface area (Å²) in [6, 6.07) is 1.83. The Kier molecular flexibility index (Phi) is 7.06. The Balaban J connectivity index is 1.45. The maximum Gasteiger partial charge on any atom is 0.326 e. The average Bonchev–Trinajstić information content (AvgIpc) is 3.52. The van der Waals surface area contributed by atoms with Gasteiger partial charge in [-0.05, 0) is 49.8 Å². The number of halogens is 2. The number of benzene rings is 1. The smallest absolute Gasteiger partial charge is 0.326 e. The van der Waals surface area contributed by atoms with Crippen LogP contribution in [-0.4, -0.2) is 52.4 Å². The zero-order valence-corrected chi connectivity index (χ0v) is 19.1. The molecular weight excluding hydrogens is 467 g/mol. The first kappa shape index (κ1) is 24.0. The lowest BCUT2D eigenvalue weighted by Crippen LogP contribution is -2.53. The minimum atomic E-state index is -1.25. The summed E-state index contributed by atoms with van der Waals surface area (Å²) >= 11 is 5.80. The lowest BCUT2D eigenvalue weighted by Gasteiger charge is -2.26. The van der Waals surface area contributed by atoms with Crippen LogP contribution in [0.25, 0.3) is 10.9 Å². The van der Waals surface area contributed by atoms with Gasteiger partial charge < -0.3 is 26.0 Å². The van der Waals surface area contributed by atoms with Gasteiger partial charge in [-0.2, -0.15) is 0 Å². The molecular formula is C23H26ClFN4O5. The van der Waals surface area contributed by atoms with Crippen molar-refractivity contribution in [1.82, 2.24) is 20.9 Å². The molecule has 0 radical (unpaired) electrons. The normalized spacial score (nSPS) is 19.8. The van der Waals surface area contributed by atoms with Crippen LogP contribution < -0.4 is 16.0 Å². The van der Waals surface area contributed by atoms with Gasteiger partial charge in [0, 0.05) is 23.4 Å². The van der Waals surface area contributed by atoms with E-state index in [-0.39, 0.29) is 29.0 Å². The van der Waals surface area contributed by atoms with E-state index in [0.29, 0.717) is 30.3 Å². The molecule has 1 aliphatic heterocycles. The molecule has 2 fully saturated rings. The molecule has 2 heterocycles. The highest BCUT2D eigenvalue weighted by atomic mass is 35.5. The van der Waals surface area contributed by atoms with Crippen molar-refractivity contribution in [3.05, 3.63) is 34.7 Å². The number of hydrogen-bond donors (Lipinski definition) is 5. The Morgan fingerprint density at radius 1 is 1.12 bits per heavy atom. The molecule has 34 heavy (non-hydrogen) atoms. The molecule has 3 atom stereocenters. The van der Waals surface area contributed by atoms with Gasteiger partial charge in [-0.15, -0.1) is 0 Å². The Bertz CT molecular complexity index is 1090. The van der Waals surface area contributed by atoms with Gasteiger partial charge >= 0.3 is 5.97 Å². The van der Waals surface area contributed by atoms with Crippen LogP contribution in [0, 0.1) is 17.7 Å². The highest BCUT2D eigenvalue weighted by molar-refractivity contribution is 6.31. The SMILES string of the molecule is O=C(NC(CC1CC1)C(=O)NC(C[C@@H]1CCCNC1=O)C(=O)O)c1cc2cc(F)c(Cl)cc2[nH]1. The van der Waals surface area contributed by atoms with Crippen LogP contribution in [0.1, 0.15) is 49.0 Å². The van der Waals surface area contributed by atoms with Crippen LogP contribution in [-0.2, 0) is 14.4 Å². The van der Waals surface area contributed by atoms with Crippen molar-refractivity contribution in [1.29, 1.82) is 0 Å². The first-order valence-corrected chi connectivity index (χ1v) is 11.7. The number of carboxylic acid groups (broad SMARTS) is 1. The van der Waals surface area contributed by atoms with Gasteiger partial charge in [0.05, 0.1) is 5.02 Å².